The Morgan fingerprint density at radius 2 is 2.03 bits per heavy atom. The summed E-state index contributed by atoms with van der Waals surface area (Å²) in [5.74, 6) is 1.57. The van der Waals surface area contributed by atoms with E-state index >= 15 is 0 Å². The number of rotatable bonds is 7. The lowest BCUT2D eigenvalue weighted by atomic mass is 9.83. The number of aryl methyl sites for hydroxylation is 2. The molecule has 2 N–H and O–H groups in total. The van der Waals surface area contributed by atoms with Crippen molar-refractivity contribution in [3.8, 4) is 6.07 Å². The fourth-order valence-electron chi connectivity index (χ4n) is 4.53. The fraction of sp³-hybridized carbons (Fsp3) is 0.591. The SMILES string of the molecule is CNC(C)C(=O)N1CCN(C2(CC#N)CN(c3nc(Nc4cc(C)ns4)ncc3C)C2)CC1. The molecule has 1 atom stereocenters. The summed E-state index contributed by atoms with van der Waals surface area (Å²) >= 11 is 1.38. The first-order chi connectivity index (χ1) is 15.8. The van der Waals surface area contributed by atoms with E-state index in [9.17, 15) is 10.1 Å². The second-order valence-corrected chi connectivity index (χ2v) is 9.70. The Bertz CT molecular complexity index is 1030. The Morgan fingerprint density at radius 3 is 2.64 bits per heavy atom. The molecule has 10 nitrogen and oxygen atoms in total. The second-order valence-electron chi connectivity index (χ2n) is 8.90. The van der Waals surface area contributed by atoms with Crippen LogP contribution in [0.5, 0.6) is 0 Å². The van der Waals surface area contributed by atoms with E-state index in [-0.39, 0.29) is 17.5 Å². The van der Waals surface area contributed by atoms with Crippen LogP contribution in [0.15, 0.2) is 12.3 Å². The molecule has 1 unspecified atom stereocenters. The van der Waals surface area contributed by atoms with Gasteiger partial charge < -0.3 is 20.4 Å². The predicted molar refractivity (Wildman–Crippen MR) is 129 cm³/mol. The lowest BCUT2D eigenvalue weighted by Gasteiger charge is -2.57. The van der Waals surface area contributed by atoms with Gasteiger partial charge in [-0.15, -0.1) is 0 Å². The molecular weight excluding hydrogens is 438 g/mol. The van der Waals surface area contributed by atoms with Gasteiger partial charge in [0.05, 0.1) is 29.8 Å². The first kappa shape index (κ1) is 23.4. The van der Waals surface area contributed by atoms with E-state index in [0.29, 0.717) is 25.5 Å². The van der Waals surface area contributed by atoms with Gasteiger partial charge in [0, 0.05) is 51.0 Å². The van der Waals surface area contributed by atoms with Gasteiger partial charge in [-0.3, -0.25) is 9.69 Å². The minimum absolute atomic E-state index is 0.134. The normalized spacial score (nSPS) is 19.0. The molecule has 1 amide bonds. The maximum atomic E-state index is 12.5. The van der Waals surface area contributed by atoms with Gasteiger partial charge in [0.15, 0.2) is 0 Å². The molecule has 0 aromatic carbocycles. The van der Waals surface area contributed by atoms with Crippen LogP contribution in [0.2, 0.25) is 0 Å². The zero-order chi connectivity index (χ0) is 23.6. The molecule has 33 heavy (non-hydrogen) atoms. The van der Waals surface area contributed by atoms with Gasteiger partial charge >= 0.3 is 0 Å². The molecule has 2 aromatic rings. The van der Waals surface area contributed by atoms with Gasteiger partial charge in [-0.1, -0.05) is 0 Å². The van der Waals surface area contributed by atoms with E-state index in [1.165, 1.54) is 11.5 Å². The molecule has 2 aliphatic heterocycles. The number of aromatic nitrogens is 3. The molecule has 2 fully saturated rings. The highest BCUT2D eigenvalue weighted by Crippen LogP contribution is 2.36. The van der Waals surface area contributed by atoms with Gasteiger partial charge in [-0.25, -0.2) is 4.98 Å². The lowest BCUT2D eigenvalue weighted by molar-refractivity contribution is -0.136. The molecule has 4 rings (SSSR count). The number of hydrogen-bond donors (Lipinski definition) is 2. The van der Waals surface area contributed by atoms with Crippen LogP contribution in [0.25, 0.3) is 0 Å². The molecular formula is C22H31N9OS. The highest BCUT2D eigenvalue weighted by Gasteiger charge is 2.49. The van der Waals surface area contributed by atoms with Crippen LogP contribution in [0.3, 0.4) is 0 Å². The van der Waals surface area contributed by atoms with Crippen molar-refractivity contribution < 1.29 is 4.79 Å². The van der Waals surface area contributed by atoms with Crippen molar-refractivity contribution in [1.82, 2.24) is 29.5 Å². The summed E-state index contributed by atoms with van der Waals surface area (Å²) in [5, 5.41) is 16.7. The van der Waals surface area contributed by atoms with Crippen molar-refractivity contribution >= 4 is 34.2 Å². The van der Waals surface area contributed by atoms with Crippen LogP contribution in [0.4, 0.5) is 16.8 Å². The molecule has 2 aromatic heterocycles. The molecule has 0 spiro atoms. The third-order valence-electron chi connectivity index (χ3n) is 6.55. The smallest absolute Gasteiger partial charge is 0.239 e. The molecule has 2 aliphatic rings. The Balaban J connectivity index is 1.42. The Kier molecular flexibility index (Phi) is 6.78. The summed E-state index contributed by atoms with van der Waals surface area (Å²) < 4.78 is 4.29. The summed E-state index contributed by atoms with van der Waals surface area (Å²) in [4.78, 5) is 28.2. The van der Waals surface area contributed by atoms with E-state index in [1.807, 2.05) is 37.9 Å². The number of carbonyl (C=O) groups is 1. The first-order valence-corrected chi connectivity index (χ1v) is 12.0. The summed E-state index contributed by atoms with van der Waals surface area (Å²) in [6, 6.07) is 4.18. The summed E-state index contributed by atoms with van der Waals surface area (Å²) in [5.41, 5.74) is 1.75. The fourth-order valence-corrected chi connectivity index (χ4v) is 5.18. The van der Waals surface area contributed by atoms with Crippen molar-refractivity contribution in [3.63, 3.8) is 0 Å². The highest BCUT2D eigenvalue weighted by atomic mass is 32.1. The number of likely N-dealkylation sites (N-methyl/N-ethyl adjacent to an activating group) is 1. The number of hydrogen-bond acceptors (Lipinski definition) is 10. The van der Waals surface area contributed by atoms with Crippen LogP contribution in [-0.2, 0) is 4.79 Å². The predicted octanol–water partition coefficient (Wildman–Crippen LogP) is 1.52. The number of anilines is 3. The second kappa shape index (κ2) is 9.59. The molecule has 2 saturated heterocycles. The maximum Gasteiger partial charge on any atom is 0.239 e. The monoisotopic (exact) mass is 469 g/mol. The molecule has 11 heteroatoms. The summed E-state index contributed by atoms with van der Waals surface area (Å²) in [6.45, 7) is 10.2. The molecule has 0 radical (unpaired) electrons. The molecule has 0 bridgehead atoms. The number of amides is 1. The van der Waals surface area contributed by atoms with Crippen molar-refractivity contribution in [2.75, 3.05) is 56.5 Å². The minimum atomic E-state index is -0.210. The van der Waals surface area contributed by atoms with Crippen molar-refractivity contribution in [2.45, 2.75) is 38.8 Å². The van der Waals surface area contributed by atoms with Crippen molar-refractivity contribution in [3.05, 3.63) is 23.5 Å². The van der Waals surface area contributed by atoms with Gasteiger partial charge in [-0.2, -0.15) is 14.6 Å². The number of nitrogens with one attached hydrogen (secondary N) is 2. The quantitative estimate of drug-likeness (QED) is 0.623. The summed E-state index contributed by atoms with van der Waals surface area (Å²) in [7, 11) is 1.80. The topological polar surface area (TPSA) is 113 Å². The number of carbonyl (C=O) groups excluding carboxylic acids is 1. The highest BCUT2D eigenvalue weighted by molar-refractivity contribution is 7.10. The average Bonchev–Trinajstić information content (AvgIpc) is 3.21. The van der Waals surface area contributed by atoms with Crippen LogP contribution in [0.1, 0.15) is 24.6 Å². The Labute approximate surface area is 198 Å². The molecule has 176 valence electrons. The van der Waals surface area contributed by atoms with Gasteiger partial charge in [-0.05, 0) is 45.4 Å². The molecule has 0 saturated carbocycles. The average molecular weight is 470 g/mol. The lowest BCUT2D eigenvalue weighted by Crippen LogP contribution is -2.73. The van der Waals surface area contributed by atoms with E-state index in [4.69, 9.17) is 4.98 Å². The van der Waals surface area contributed by atoms with Crippen LogP contribution < -0.4 is 15.5 Å². The maximum absolute atomic E-state index is 12.5. The zero-order valence-electron chi connectivity index (χ0n) is 19.6. The Hall–Kier alpha value is -2.81. The van der Waals surface area contributed by atoms with Gasteiger partial charge in [0.1, 0.15) is 10.8 Å². The van der Waals surface area contributed by atoms with Gasteiger partial charge in [0.2, 0.25) is 11.9 Å². The molecule has 0 aliphatic carbocycles. The van der Waals surface area contributed by atoms with Gasteiger partial charge in [0.25, 0.3) is 0 Å². The van der Waals surface area contributed by atoms with E-state index < -0.39 is 0 Å². The minimum Gasteiger partial charge on any atom is -0.352 e. The number of piperazine rings is 1. The van der Waals surface area contributed by atoms with E-state index in [2.05, 4.69) is 35.9 Å². The third-order valence-corrected chi connectivity index (χ3v) is 7.35. The standard InChI is InChI=1S/C22H31N9OS/c1-15-12-25-21(26-18-11-16(2)28-33-18)27-19(15)30-13-22(14-30,5-6-23)31-9-7-29(8-10-31)20(32)17(3)24-4/h11-12,17,24H,5,7-10,13-14H2,1-4H3,(H,25,26,27). The third kappa shape index (κ3) is 4.78. The van der Waals surface area contributed by atoms with Crippen molar-refractivity contribution in [2.24, 2.45) is 0 Å². The zero-order valence-corrected chi connectivity index (χ0v) is 20.4. The number of nitriles is 1. The van der Waals surface area contributed by atoms with E-state index in [0.717, 1.165) is 48.3 Å². The van der Waals surface area contributed by atoms with Crippen LogP contribution in [0, 0.1) is 25.2 Å². The van der Waals surface area contributed by atoms with Crippen LogP contribution in [-0.4, -0.2) is 87.9 Å². The Morgan fingerprint density at radius 1 is 1.30 bits per heavy atom. The van der Waals surface area contributed by atoms with Crippen molar-refractivity contribution in [1.29, 1.82) is 5.26 Å². The first-order valence-electron chi connectivity index (χ1n) is 11.2. The van der Waals surface area contributed by atoms with E-state index in [1.54, 1.807) is 7.05 Å². The summed E-state index contributed by atoms with van der Waals surface area (Å²) in [6.07, 6.45) is 2.29. The van der Waals surface area contributed by atoms with Crippen LogP contribution >= 0.6 is 11.5 Å². The number of nitrogens with zero attached hydrogens (tertiary/aromatic N) is 7. The molecule has 4 heterocycles. The largest absolute Gasteiger partial charge is 0.352 e.